The molecule has 1 amide bonds. The van der Waals surface area contributed by atoms with Gasteiger partial charge in [-0.15, -0.1) is 0 Å². The van der Waals surface area contributed by atoms with E-state index in [0.29, 0.717) is 11.6 Å². The Bertz CT molecular complexity index is 640. The molecule has 0 aliphatic carbocycles. The molecule has 2 aromatic carbocycles. The first-order valence-electron chi connectivity index (χ1n) is 7.80. The van der Waals surface area contributed by atoms with Crippen LogP contribution in [0.2, 0.25) is 5.02 Å². The van der Waals surface area contributed by atoms with E-state index >= 15 is 0 Å². The number of amides is 1. The van der Waals surface area contributed by atoms with E-state index < -0.39 is 0 Å². The highest BCUT2D eigenvalue weighted by atomic mass is 35.5. The van der Waals surface area contributed by atoms with Gasteiger partial charge in [0.15, 0.2) is 0 Å². The number of rotatable bonds is 7. The molecule has 0 bridgehead atoms. The Morgan fingerprint density at radius 3 is 2.52 bits per heavy atom. The van der Waals surface area contributed by atoms with E-state index in [1.807, 2.05) is 48.5 Å². The van der Waals surface area contributed by atoms with Gasteiger partial charge in [0.05, 0.1) is 13.0 Å². The summed E-state index contributed by atoms with van der Waals surface area (Å²) in [7, 11) is 1.63. The lowest BCUT2D eigenvalue weighted by molar-refractivity contribution is -0.122. The lowest BCUT2D eigenvalue weighted by Gasteiger charge is -2.17. The Balaban J connectivity index is 2.08. The van der Waals surface area contributed by atoms with Crippen molar-refractivity contribution in [3.8, 4) is 5.75 Å². The predicted molar refractivity (Wildman–Crippen MR) is 93.9 cm³/mol. The zero-order valence-electron chi connectivity index (χ0n) is 13.5. The van der Waals surface area contributed by atoms with Crippen molar-refractivity contribution in [2.45, 2.75) is 32.2 Å². The van der Waals surface area contributed by atoms with Gasteiger partial charge in [-0.3, -0.25) is 4.79 Å². The van der Waals surface area contributed by atoms with Crippen molar-refractivity contribution >= 4 is 17.5 Å². The van der Waals surface area contributed by atoms with Crippen LogP contribution >= 0.6 is 11.6 Å². The SMILES string of the molecule is CCCC(C(=O)NCc1ccccc1OC)c1ccc(Cl)cc1. The first-order valence-corrected chi connectivity index (χ1v) is 8.18. The molecule has 2 aromatic rings. The van der Waals surface area contributed by atoms with Gasteiger partial charge in [0.25, 0.3) is 0 Å². The molecule has 0 saturated carbocycles. The molecule has 122 valence electrons. The van der Waals surface area contributed by atoms with E-state index in [4.69, 9.17) is 16.3 Å². The van der Waals surface area contributed by atoms with Crippen molar-refractivity contribution in [2.24, 2.45) is 0 Å². The van der Waals surface area contributed by atoms with Gasteiger partial charge in [-0.05, 0) is 30.2 Å². The second-order valence-electron chi connectivity index (χ2n) is 5.42. The van der Waals surface area contributed by atoms with Crippen molar-refractivity contribution in [1.29, 1.82) is 0 Å². The molecular weight excluding hydrogens is 310 g/mol. The molecule has 0 aliphatic heterocycles. The number of carbonyl (C=O) groups is 1. The molecule has 0 radical (unpaired) electrons. The lowest BCUT2D eigenvalue weighted by atomic mass is 9.93. The number of methoxy groups -OCH3 is 1. The third-order valence-electron chi connectivity index (χ3n) is 3.81. The normalized spacial score (nSPS) is 11.8. The highest BCUT2D eigenvalue weighted by Crippen LogP contribution is 2.24. The van der Waals surface area contributed by atoms with Crippen molar-refractivity contribution in [1.82, 2.24) is 5.32 Å². The van der Waals surface area contributed by atoms with Crippen molar-refractivity contribution < 1.29 is 9.53 Å². The standard InChI is InChI=1S/C19H22ClNO2/c1-3-6-17(14-9-11-16(20)12-10-14)19(22)21-13-15-7-4-5-8-18(15)23-2/h4-5,7-12,17H,3,6,13H2,1-2H3,(H,21,22). The fourth-order valence-corrected chi connectivity index (χ4v) is 2.71. The molecule has 0 aromatic heterocycles. The van der Waals surface area contributed by atoms with E-state index in [2.05, 4.69) is 12.2 Å². The van der Waals surface area contributed by atoms with Crippen LogP contribution in [0.1, 0.15) is 36.8 Å². The molecule has 4 heteroatoms. The number of nitrogens with one attached hydrogen (secondary N) is 1. The minimum atomic E-state index is -0.160. The van der Waals surface area contributed by atoms with E-state index in [9.17, 15) is 4.79 Å². The topological polar surface area (TPSA) is 38.3 Å². The molecular formula is C19H22ClNO2. The Labute approximate surface area is 142 Å². The minimum Gasteiger partial charge on any atom is -0.496 e. The Hall–Kier alpha value is -2.00. The molecule has 0 heterocycles. The van der Waals surface area contributed by atoms with E-state index in [-0.39, 0.29) is 11.8 Å². The molecule has 1 unspecified atom stereocenters. The van der Waals surface area contributed by atoms with Gasteiger partial charge < -0.3 is 10.1 Å². The van der Waals surface area contributed by atoms with Gasteiger partial charge in [0.2, 0.25) is 5.91 Å². The van der Waals surface area contributed by atoms with Crippen LogP contribution in [0.3, 0.4) is 0 Å². The summed E-state index contributed by atoms with van der Waals surface area (Å²) in [5.74, 6) is 0.651. The molecule has 0 aliphatic rings. The van der Waals surface area contributed by atoms with Crippen LogP contribution in [0.25, 0.3) is 0 Å². The number of carbonyl (C=O) groups excluding carboxylic acids is 1. The summed E-state index contributed by atoms with van der Waals surface area (Å²) in [6.45, 7) is 2.53. The maximum atomic E-state index is 12.6. The first-order chi connectivity index (χ1) is 11.2. The van der Waals surface area contributed by atoms with Crippen LogP contribution in [0, 0.1) is 0 Å². The number of ether oxygens (including phenoxy) is 1. The molecule has 0 spiro atoms. The second kappa shape index (κ2) is 8.59. The van der Waals surface area contributed by atoms with Crippen molar-refractivity contribution in [3.63, 3.8) is 0 Å². The molecule has 1 N–H and O–H groups in total. The highest BCUT2D eigenvalue weighted by Gasteiger charge is 2.19. The molecule has 1 atom stereocenters. The maximum absolute atomic E-state index is 12.6. The van der Waals surface area contributed by atoms with Crippen LogP contribution in [0.15, 0.2) is 48.5 Å². The zero-order valence-corrected chi connectivity index (χ0v) is 14.3. The summed E-state index contributed by atoms with van der Waals surface area (Å²) in [6, 6.07) is 15.2. The van der Waals surface area contributed by atoms with Gasteiger partial charge >= 0.3 is 0 Å². The summed E-state index contributed by atoms with van der Waals surface area (Å²) in [5.41, 5.74) is 1.96. The third kappa shape index (κ3) is 4.73. The first kappa shape index (κ1) is 17.4. The van der Waals surface area contributed by atoms with Crippen molar-refractivity contribution in [3.05, 3.63) is 64.7 Å². The van der Waals surface area contributed by atoms with E-state index in [1.165, 1.54) is 0 Å². The van der Waals surface area contributed by atoms with Gasteiger partial charge in [-0.1, -0.05) is 55.3 Å². The average molecular weight is 332 g/mol. The number of benzene rings is 2. The van der Waals surface area contributed by atoms with Crippen LogP contribution < -0.4 is 10.1 Å². The van der Waals surface area contributed by atoms with E-state index in [0.717, 1.165) is 29.7 Å². The highest BCUT2D eigenvalue weighted by molar-refractivity contribution is 6.30. The fourth-order valence-electron chi connectivity index (χ4n) is 2.59. The lowest BCUT2D eigenvalue weighted by Crippen LogP contribution is -2.29. The minimum absolute atomic E-state index is 0.0279. The number of hydrogen-bond donors (Lipinski definition) is 1. The summed E-state index contributed by atoms with van der Waals surface area (Å²) < 4.78 is 5.32. The van der Waals surface area contributed by atoms with Gasteiger partial charge in [0.1, 0.15) is 5.75 Å². The molecule has 3 nitrogen and oxygen atoms in total. The van der Waals surface area contributed by atoms with Crippen molar-refractivity contribution in [2.75, 3.05) is 7.11 Å². The molecule has 0 saturated heterocycles. The van der Waals surface area contributed by atoms with Crippen LogP contribution in [-0.4, -0.2) is 13.0 Å². The summed E-state index contributed by atoms with van der Waals surface area (Å²) in [4.78, 5) is 12.6. The molecule has 2 rings (SSSR count). The maximum Gasteiger partial charge on any atom is 0.227 e. The zero-order chi connectivity index (χ0) is 16.7. The third-order valence-corrected chi connectivity index (χ3v) is 4.06. The number of para-hydroxylation sites is 1. The van der Waals surface area contributed by atoms with Crippen LogP contribution in [0.5, 0.6) is 5.75 Å². The van der Waals surface area contributed by atoms with Gasteiger partial charge in [-0.25, -0.2) is 0 Å². The van der Waals surface area contributed by atoms with E-state index in [1.54, 1.807) is 7.11 Å². The second-order valence-corrected chi connectivity index (χ2v) is 5.86. The molecule has 0 fully saturated rings. The Morgan fingerprint density at radius 1 is 1.17 bits per heavy atom. The smallest absolute Gasteiger partial charge is 0.227 e. The Morgan fingerprint density at radius 2 is 1.87 bits per heavy atom. The Kier molecular flexibility index (Phi) is 6.48. The summed E-state index contributed by atoms with van der Waals surface area (Å²) in [6.07, 6.45) is 1.74. The summed E-state index contributed by atoms with van der Waals surface area (Å²) >= 11 is 5.93. The average Bonchev–Trinajstić information content (AvgIpc) is 2.58. The summed E-state index contributed by atoms with van der Waals surface area (Å²) in [5, 5.41) is 3.70. The number of halogens is 1. The monoisotopic (exact) mass is 331 g/mol. The predicted octanol–water partition coefficient (Wildman–Crippen LogP) is 4.55. The largest absolute Gasteiger partial charge is 0.496 e. The fraction of sp³-hybridized carbons (Fsp3) is 0.316. The van der Waals surface area contributed by atoms with Crippen LogP contribution in [-0.2, 0) is 11.3 Å². The van der Waals surface area contributed by atoms with Crippen LogP contribution in [0.4, 0.5) is 0 Å². The molecule has 23 heavy (non-hydrogen) atoms. The number of hydrogen-bond acceptors (Lipinski definition) is 2. The van der Waals surface area contributed by atoms with Gasteiger partial charge in [0, 0.05) is 17.1 Å². The van der Waals surface area contributed by atoms with Gasteiger partial charge in [-0.2, -0.15) is 0 Å². The quantitative estimate of drug-likeness (QED) is 0.808.